The normalized spacial score (nSPS) is 17.7. The number of hydrogen-bond acceptors (Lipinski definition) is 5. The molecule has 2 rings (SSSR count). The van der Waals surface area contributed by atoms with Gasteiger partial charge in [0, 0.05) is 7.05 Å². The number of rotatable bonds is 6. The molecule has 0 unspecified atom stereocenters. The number of aryl methyl sites for hydroxylation is 1. The van der Waals surface area contributed by atoms with Gasteiger partial charge in [-0.3, -0.25) is 4.68 Å². The van der Waals surface area contributed by atoms with E-state index in [9.17, 15) is 8.42 Å². The van der Waals surface area contributed by atoms with Crippen molar-refractivity contribution in [2.24, 2.45) is 13.0 Å². The van der Waals surface area contributed by atoms with Crippen LogP contribution in [0.5, 0.6) is 0 Å². The van der Waals surface area contributed by atoms with Gasteiger partial charge in [0.05, 0.1) is 12.3 Å². The summed E-state index contributed by atoms with van der Waals surface area (Å²) in [7, 11) is -1.48. The van der Waals surface area contributed by atoms with Gasteiger partial charge >= 0.3 is 0 Å². The Balaban J connectivity index is 1.75. The van der Waals surface area contributed by atoms with E-state index in [0.717, 1.165) is 32.4 Å². The van der Waals surface area contributed by atoms with Gasteiger partial charge in [-0.25, -0.2) is 18.1 Å². The molecule has 2 N–H and O–H groups in total. The van der Waals surface area contributed by atoms with Crippen molar-refractivity contribution in [2.45, 2.75) is 25.8 Å². The van der Waals surface area contributed by atoms with Crippen LogP contribution in [-0.2, 0) is 23.6 Å². The lowest BCUT2D eigenvalue weighted by molar-refractivity contribution is 0.365. The zero-order valence-electron chi connectivity index (χ0n) is 11.2. The third-order valence-electron chi connectivity index (χ3n) is 3.35. The molecule has 1 fully saturated rings. The molecule has 0 spiro atoms. The van der Waals surface area contributed by atoms with Crippen LogP contribution >= 0.6 is 0 Å². The Morgan fingerprint density at radius 2 is 2.21 bits per heavy atom. The third-order valence-corrected chi connectivity index (χ3v) is 4.71. The zero-order chi connectivity index (χ0) is 13.7. The lowest BCUT2D eigenvalue weighted by Gasteiger charge is -2.22. The lowest BCUT2D eigenvalue weighted by atomic mass is 9.96. The quantitative estimate of drug-likeness (QED) is 0.745. The maximum Gasteiger partial charge on any atom is 0.212 e. The Labute approximate surface area is 113 Å². The minimum atomic E-state index is -3.23. The largest absolute Gasteiger partial charge is 0.317 e. The van der Waals surface area contributed by atoms with Crippen LogP contribution in [-0.4, -0.2) is 42.0 Å². The highest BCUT2D eigenvalue weighted by Crippen LogP contribution is 2.16. The average Bonchev–Trinajstić information content (AvgIpc) is 2.82. The molecule has 0 saturated carbocycles. The summed E-state index contributed by atoms with van der Waals surface area (Å²) in [5, 5.41) is 7.31. The maximum absolute atomic E-state index is 11.9. The van der Waals surface area contributed by atoms with E-state index in [1.54, 1.807) is 18.1 Å². The van der Waals surface area contributed by atoms with E-state index in [1.807, 2.05) is 0 Å². The first-order valence-electron chi connectivity index (χ1n) is 6.58. The standard InChI is InChI=1S/C11H21N5O2S/c1-16-9-13-11(15-16)8-14-19(17,18)7-4-10-2-5-12-6-3-10/h9-10,12,14H,2-8H2,1H3. The minimum Gasteiger partial charge on any atom is -0.317 e. The fourth-order valence-electron chi connectivity index (χ4n) is 2.20. The number of piperidine rings is 1. The molecule has 1 aromatic heterocycles. The van der Waals surface area contributed by atoms with Crippen LogP contribution < -0.4 is 10.0 Å². The number of nitrogens with zero attached hydrogens (tertiary/aromatic N) is 3. The molecule has 2 heterocycles. The van der Waals surface area contributed by atoms with Crippen molar-refractivity contribution in [3.05, 3.63) is 12.2 Å². The Bertz CT molecular complexity index is 493. The van der Waals surface area contributed by atoms with Crippen molar-refractivity contribution in [1.29, 1.82) is 0 Å². The molecule has 1 saturated heterocycles. The summed E-state index contributed by atoms with van der Waals surface area (Å²) >= 11 is 0. The molecule has 108 valence electrons. The molecule has 0 aromatic carbocycles. The van der Waals surface area contributed by atoms with Gasteiger partial charge in [-0.2, -0.15) is 5.10 Å². The molecule has 0 bridgehead atoms. The number of hydrogen-bond donors (Lipinski definition) is 2. The predicted molar refractivity (Wildman–Crippen MR) is 71.8 cm³/mol. The van der Waals surface area contributed by atoms with Crippen LogP contribution in [0, 0.1) is 5.92 Å². The topological polar surface area (TPSA) is 88.9 Å². The van der Waals surface area contributed by atoms with Gasteiger partial charge in [-0.1, -0.05) is 0 Å². The molecule has 0 amide bonds. The second kappa shape index (κ2) is 6.44. The van der Waals surface area contributed by atoms with Crippen molar-refractivity contribution in [3.8, 4) is 0 Å². The van der Waals surface area contributed by atoms with Gasteiger partial charge in [-0.15, -0.1) is 0 Å². The third kappa shape index (κ3) is 4.88. The molecule has 0 radical (unpaired) electrons. The maximum atomic E-state index is 11.9. The van der Waals surface area contributed by atoms with Crippen LogP contribution in [0.2, 0.25) is 0 Å². The highest BCUT2D eigenvalue weighted by atomic mass is 32.2. The Morgan fingerprint density at radius 1 is 1.47 bits per heavy atom. The highest BCUT2D eigenvalue weighted by molar-refractivity contribution is 7.89. The minimum absolute atomic E-state index is 0.162. The monoisotopic (exact) mass is 287 g/mol. The molecular formula is C11H21N5O2S. The van der Waals surface area contributed by atoms with Crippen molar-refractivity contribution >= 4 is 10.0 Å². The van der Waals surface area contributed by atoms with Crippen LogP contribution in [0.25, 0.3) is 0 Å². The fourth-order valence-corrected chi connectivity index (χ4v) is 3.34. The number of aromatic nitrogens is 3. The van der Waals surface area contributed by atoms with Gasteiger partial charge in [-0.05, 0) is 38.3 Å². The molecule has 1 aliphatic heterocycles. The van der Waals surface area contributed by atoms with Crippen LogP contribution in [0.15, 0.2) is 6.33 Å². The molecule has 8 heteroatoms. The van der Waals surface area contributed by atoms with Gasteiger partial charge in [0.25, 0.3) is 0 Å². The van der Waals surface area contributed by atoms with Gasteiger partial charge < -0.3 is 5.32 Å². The summed E-state index contributed by atoms with van der Waals surface area (Å²) in [6.07, 6.45) is 4.42. The molecule has 19 heavy (non-hydrogen) atoms. The summed E-state index contributed by atoms with van der Waals surface area (Å²) in [4.78, 5) is 3.99. The Kier molecular flexibility index (Phi) is 4.89. The van der Waals surface area contributed by atoms with Gasteiger partial charge in [0.2, 0.25) is 10.0 Å². The fraction of sp³-hybridized carbons (Fsp3) is 0.818. The average molecular weight is 287 g/mol. The molecule has 7 nitrogen and oxygen atoms in total. The summed E-state index contributed by atoms with van der Waals surface area (Å²) in [6.45, 7) is 2.15. The van der Waals surface area contributed by atoms with E-state index in [1.165, 1.54) is 0 Å². The van der Waals surface area contributed by atoms with Crippen molar-refractivity contribution in [2.75, 3.05) is 18.8 Å². The van der Waals surface area contributed by atoms with Crippen LogP contribution in [0.3, 0.4) is 0 Å². The first-order valence-corrected chi connectivity index (χ1v) is 8.23. The van der Waals surface area contributed by atoms with E-state index < -0.39 is 10.0 Å². The smallest absolute Gasteiger partial charge is 0.212 e. The van der Waals surface area contributed by atoms with E-state index in [-0.39, 0.29) is 12.3 Å². The van der Waals surface area contributed by atoms with E-state index in [4.69, 9.17) is 0 Å². The van der Waals surface area contributed by atoms with E-state index in [0.29, 0.717) is 11.7 Å². The van der Waals surface area contributed by atoms with Crippen molar-refractivity contribution in [3.63, 3.8) is 0 Å². The summed E-state index contributed by atoms with van der Waals surface area (Å²) in [5.74, 6) is 1.20. The van der Waals surface area contributed by atoms with E-state index >= 15 is 0 Å². The number of nitrogens with one attached hydrogen (secondary N) is 2. The molecule has 1 aromatic rings. The molecule has 0 aliphatic carbocycles. The first kappa shape index (κ1) is 14.4. The molecular weight excluding hydrogens is 266 g/mol. The predicted octanol–water partition coefficient (Wildman–Crippen LogP) is -0.376. The first-order chi connectivity index (χ1) is 9.05. The second-order valence-electron chi connectivity index (χ2n) is 4.96. The van der Waals surface area contributed by atoms with Crippen molar-refractivity contribution < 1.29 is 8.42 Å². The van der Waals surface area contributed by atoms with Crippen LogP contribution in [0.1, 0.15) is 25.1 Å². The molecule has 0 atom stereocenters. The van der Waals surface area contributed by atoms with Crippen molar-refractivity contribution in [1.82, 2.24) is 24.8 Å². The van der Waals surface area contributed by atoms with Gasteiger partial charge in [0.1, 0.15) is 6.33 Å². The summed E-state index contributed by atoms with van der Waals surface area (Å²) in [5.41, 5.74) is 0. The second-order valence-corrected chi connectivity index (χ2v) is 6.88. The Morgan fingerprint density at radius 3 is 2.84 bits per heavy atom. The van der Waals surface area contributed by atoms with Crippen LogP contribution in [0.4, 0.5) is 0 Å². The lowest BCUT2D eigenvalue weighted by Crippen LogP contribution is -2.31. The highest BCUT2D eigenvalue weighted by Gasteiger charge is 2.17. The van der Waals surface area contributed by atoms with E-state index in [2.05, 4.69) is 20.1 Å². The molecule has 1 aliphatic rings. The number of sulfonamides is 1. The summed E-state index contributed by atoms with van der Waals surface area (Å²) < 4.78 is 27.8. The van der Waals surface area contributed by atoms with Gasteiger partial charge in [0.15, 0.2) is 5.82 Å². The SMILES string of the molecule is Cn1cnc(CNS(=O)(=O)CCC2CCNCC2)n1. The zero-order valence-corrected chi connectivity index (χ0v) is 12.0. The Hall–Kier alpha value is -0.990. The summed E-state index contributed by atoms with van der Waals surface area (Å²) in [6, 6.07) is 0.